The van der Waals surface area contributed by atoms with Gasteiger partial charge < -0.3 is 4.98 Å². The molecule has 12 heavy (non-hydrogen) atoms. The molecule has 0 radical (unpaired) electrons. The first-order valence-electron chi connectivity index (χ1n) is 3.67. The second kappa shape index (κ2) is 3.87. The molecule has 1 rings (SSSR count). The van der Waals surface area contributed by atoms with Crippen LogP contribution in [0.2, 0.25) is 0 Å². The molecule has 1 amide bonds. The van der Waals surface area contributed by atoms with Crippen LogP contribution in [0.25, 0.3) is 0 Å². The van der Waals surface area contributed by atoms with Gasteiger partial charge in [0.1, 0.15) is 11.5 Å². The van der Waals surface area contributed by atoms with Crippen LogP contribution in [0.1, 0.15) is 23.2 Å². The van der Waals surface area contributed by atoms with Gasteiger partial charge in [0, 0.05) is 0 Å². The van der Waals surface area contributed by atoms with Gasteiger partial charge in [-0.25, -0.2) is 10.5 Å². The van der Waals surface area contributed by atoms with Crippen LogP contribution >= 0.6 is 0 Å². The third-order valence-electron chi connectivity index (χ3n) is 1.26. The summed E-state index contributed by atoms with van der Waals surface area (Å²) in [6.45, 7) is 4.01. The minimum Gasteiger partial charge on any atom is -0.338 e. The lowest BCUT2D eigenvalue weighted by atomic mass is 10.5. The molecule has 0 spiro atoms. The van der Waals surface area contributed by atoms with E-state index in [-0.39, 0.29) is 5.91 Å². The molecule has 0 aliphatic rings. The summed E-state index contributed by atoms with van der Waals surface area (Å²) >= 11 is 0. The number of nitrogens with one attached hydrogen (secondary N) is 2. The predicted molar refractivity (Wildman–Crippen MR) is 42.4 cm³/mol. The summed E-state index contributed by atoms with van der Waals surface area (Å²) < 4.78 is 0. The maximum atomic E-state index is 11.1. The number of aromatic nitrogens is 2. The number of carbonyl (C=O) groups is 1. The average molecular weight is 169 g/mol. The number of imidazole rings is 1. The van der Waals surface area contributed by atoms with E-state index in [0.717, 1.165) is 0 Å². The van der Waals surface area contributed by atoms with Gasteiger partial charge in [0.15, 0.2) is 0 Å². The minimum atomic E-state index is -0.308. The van der Waals surface area contributed by atoms with Crippen LogP contribution in [0.5, 0.6) is 0 Å². The van der Waals surface area contributed by atoms with Crippen molar-refractivity contribution >= 4 is 5.91 Å². The molecule has 0 saturated heterocycles. The van der Waals surface area contributed by atoms with Crippen molar-refractivity contribution in [3.8, 4) is 0 Å². The van der Waals surface area contributed by atoms with Gasteiger partial charge in [-0.15, -0.1) is 0 Å². The Morgan fingerprint density at radius 3 is 3.08 bits per heavy atom. The lowest BCUT2D eigenvalue weighted by Gasteiger charge is -1.99. The number of amides is 1. The highest BCUT2D eigenvalue weighted by Crippen LogP contribution is 1.94. The molecular weight excluding hydrogens is 158 g/mol. The van der Waals surface area contributed by atoms with Crippen LogP contribution in [0.3, 0.4) is 0 Å². The van der Waals surface area contributed by atoms with Crippen molar-refractivity contribution in [2.24, 2.45) is 0 Å². The maximum absolute atomic E-state index is 11.1. The fraction of sp³-hybridized carbons (Fsp3) is 0.429. The van der Waals surface area contributed by atoms with Gasteiger partial charge in [-0.2, -0.15) is 0 Å². The number of rotatable bonds is 3. The molecule has 66 valence electrons. The molecule has 0 fully saturated rings. The number of hydrogen-bond acceptors (Lipinski definition) is 3. The van der Waals surface area contributed by atoms with Crippen molar-refractivity contribution in [2.45, 2.75) is 13.8 Å². The minimum absolute atomic E-state index is 0.308. The SMILES string of the molecule is CCONC(=O)c1cnc(C)[nH]1. The van der Waals surface area contributed by atoms with E-state index in [9.17, 15) is 4.79 Å². The van der Waals surface area contributed by atoms with Crippen LogP contribution < -0.4 is 5.48 Å². The quantitative estimate of drug-likeness (QED) is 0.643. The summed E-state index contributed by atoms with van der Waals surface area (Å²) in [5, 5.41) is 0. The lowest BCUT2D eigenvalue weighted by molar-refractivity contribution is 0.0360. The Morgan fingerprint density at radius 1 is 1.83 bits per heavy atom. The molecule has 5 heteroatoms. The highest BCUT2D eigenvalue weighted by atomic mass is 16.6. The third-order valence-corrected chi connectivity index (χ3v) is 1.26. The van der Waals surface area contributed by atoms with Crippen molar-refractivity contribution < 1.29 is 9.63 Å². The Labute approximate surface area is 70.1 Å². The Kier molecular flexibility index (Phi) is 2.82. The second-order valence-electron chi connectivity index (χ2n) is 2.25. The van der Waals surface area contributed by atoms with Crippen molar-refractivity contribution in [1.29, 1.82) is 0 Å². The van der Waals surface area contributed by atoms with Crippen LogP contribution in [-0.4, -0.2) is 22.5 Å². The Hall–Kier alpha value is -1.36. The van der Waals surface area contributed by atoms with E-state index in [0.29, 0.717) is 18.1 Å². The predicted octanol–water partition coefficient (Wildman–Crippen LogP) is 0.399. The van der Waals surface area contributed by atoms with Gasteiger partial charge in [0.05, 0.1) is 12.8 Å². The van der Waals surface area contributed by atoms with E-state index in [4.69, 9.17) is 4.84 Å². The molecule has 0 bridgehead atoms. The summed E-state index contributed by atoms with van der Waals surface area (Å²) in [7, 11) is 0. The van der Waals surface area contributed by atoms with Gasteiger partial charge in [-0.3, -0.25) is 9.63 Å². The van der Waals surface area contributed by atoms with E-state index in [1.54, 1.807) is 13.8 Å². The maximum Gasteiger partial charge on any atom is 0.292 e. The fourth-order valence-corrected chi connectivity index (χ4v) is 0.729. The second-order valence-corrected chi connectivity index (χ2v) is 2.25. The zero-order valence-electron chi connectivity index (χ0n) is 7.05. The van der Waals surface area contributed by atoms with Crippen molar-refractivity contribution in [3.05, 3.63) is 17.7 Å². The normalized spacial score (nSPS) is 9.83. The summed E-state index contributed by atoms with van der Waals surface area (Å²) in [4.78, 5) is 22.5. The first-order chi connectivity index (χ1) is 5.74. The molecule has 1 aromatic heterocycles. The molecule has 0 aliphatic heterocycles. The monoisotopic (exact) mass is 169 g/mol. The van der Waals surface area contributed by atoms with Crippen LogP contribution in [0.4, 0.5) is 0 Å². The summed E-state index contributed by atoms with van der Waals surface area (Å²) in [6.07, 6.45) is 1.46. The van der Waals surface area contributed by atoms with Crippen molar-refractivity contribution in [1.82, 2.24) is 15.4 Å². The van der Waals surface area contributed by atoms with Crippen LogP contribution in [0, 0.1) is 6.92 Å². The molecule has 0 unspecified atom stereocenters. The molecule has 5 nitrogen and oxygen atoms in total. The lowest BCUT2D eigenvalue weighted by Crippen LogP contribution is -2.23. The summed E-state index contributed by atoms with van der Waals surface area (Å²) in [6, 6.07) is 0. The largest absolute Gasteiger partial charge is 0.338 e. The van der Waals surface area contributed by atoms with Crippen LogP contribution in [-0.2, 0) is 4.84 Å². The average Bonchev–Trinajstić information content (AvgIpc) is 2.47. The van der Waals surface area contributed by atoms with Gasteiger partial charge in [0.2, 0.25) is 0 Å². The molecule has 1 aromatic rings. The highest BCUT2D eigenvalue weighted by Gasteiger charge is 2.06. The molecule has 2 N–H and O–H groups in total. The van der Waals surface area contributed by atoms with Gasteiger partial charge in [-0.05, 0) is 13.8 Å². The number of nitrogens with zero attached hydrogens (tertiary/aromatic N) is 1. The van der Waals surface area contributed by atoms with E-state index in [1.807, 2.05) is 0 Å². The Bertz CT molecular complexity index is 269. The zero-order chi connectivity index (χ0) is 8.97. The highest BCUT2D eigenvalue weighted by molar-refractivity contribution is 5.91. The third kappa shape index (κ3) is 2.06. The number of hydrogen-bond donors (Lipinski definition) is 2. The van der Waals surface area contributed by atoms with E-state index in [2.05, 4.69) is 15.4 Å². The Morgan fingerprint density at radius 2 is 2.58 bits per heavy atom. The molecular formula is C7H11N3O2. The summed E-state index contributed by atoms with van der Waals surface area (Å²) in [5.41, 5.74) is 2.66. The fourth-order valence-electron chi connectivity index (χ4n) is 0.729. The van der Waals surface area contributed by atoms with Gasteiger partial charge in [-0.1, -0.05) is 0 Å². The standard InChI is InChI=1S/C7H11N3O2/c1-3-12-10-7(11)6-4-8-5(2)9-6/h4H,3H2,1-2H3,(H,8,9)(H,10,11). The molecule has 0 aromatic carbocycles. The van der Waals surface area contributed by atoms with Crippen molar-refractivity contribution in [2.75, 3.05) is 6.61 Å². The smallest absolute Gasteiger partial charge is 0.292 e. The zero-order valence-corrected chi connectivity index (χ0v) is 7.05. The number of H-pyrrole nitrogens is 1. The number of hydroxylamine groups is 1. The molecule has 1 heterocycles. The number of aryl methyl sites for hydroxylation is 1. The Balaban J connectivity index is 2.53. The number of carbonyl (C=O) groups excluding carboxylic acids is 1. The molecule has 0 aliphatic carbocycles. The molecule has 0 atom stereocenters. The van der Waals surface area contributed by atoms with E-state index >= 15 is 0 Å². The van der Waals surface area contributed by atoms with Crippen LogP contribution in [0.15, 0.2) is 6.20 Å². The van der Waals surface area contributed by atoms with E-state index in [1.165, 1.54) is 6.20 Å². The van der Waals surface area contributed by atoms with Gasteiger partial charge >= 0.3 is 0 Å². The van der Waals surface area contributed by atoms with Gasteiger partial charge in [0.25, 0.3) is 5.91 Å². The first kappa shape index (κ1) is 8.73. The first-order valence-corrected chi connectivity index (χ1v) is 3.67. The topological polar surface area (TPSA) is 67.0 Å². The molecule has 0 saturated carbocycles. The number of aromatic amines is 1. The van der Waals surface area contributed by atoms with Crippen molar-refractivity contribution in [3.63, 3.8) is 0 Å². The van der Waals surface area contributed by atoms with E-state index < -0.39 is 0 Å². The summed E-state index contributed by atoms with van der Waals surface area (Å²) in [5.74, 6) is 0.397.